The van der Waals surface area contributed by atoms with Gasteiger partial charge in [-0.3, -0.25) is 5.32 Å². The Kier molecular flexibility index (Phi) is 11.9. The lowest BCUT2D eigenvalue weighted by atomic mass is 10.2. The number of nitrogens with two attached hydrogens (primary N) is 1. The number of amides is 2. The van der Waals surface area contributed by atoms with Gasteiger partial charge in [0.1, 0.15) is 10.8 Å². The first-order valence-electron chi connectivity index (χ1n) is 10.9. The highest BCUT2D eigenvalue weighted by atomic mass is 35.5. The molecule has 0 radical (unpaired) electrons. The van der Waals surface area contributed by atoms with Gasteiger partial charge >= 0.3 is 6.03 Å². The Morgan fingerprint density at radius 3 is 2.69 bits per heavy atom. The predicted molar refractivity (Wildman–Crippen MR) is 136 cm³/mol. The Balaban J connectivity index is 2.23. The van der Waals surface area contributed by atoms with Gasteiger partial charge < -0.3 is 25.3 Å². The molecule has 0 saturated carbocycles. The van der Waals surface area contributed by atoms with Crippen LogP contribution >= 0.6 is 11.6 Å². The van der Waals surface area contributed by atoms with E-state index in [4.69, 9.17) is 22.2 Å². The van der Waals surface area contributed by atoms with Gasteiger partial charge in [0.05, 0.1) is 31.2 Å². The molecule has 1 aromatic heterocycles. The fourth-order valence-corrected chi connectivity index (χ4v) is 3.09. The molecule has 0 saturated heterocycles. The van der Waals surface area contributed by atoms with Gasteiger partial charge in [0.2, 0.25) is 0 Å². The van der Waals surface area contributed by atoms with Gasteiger partial charge in [0.25, 0.3) is 5.88 Å². The largest absolute Gasteiger partial charge is 0.394 e. The van der Waals surface area contributed by atoms with Crippen LogP contribution in [0.15, 0.2) is 59.1 Å². The number of pyridine rings is 1. The summed E-state index contributed by atoms with van der Waals surface area (Å²) >= 11 is 6.11. The first-order valence-corrected chi connectivity index (χ1v) is 11.2. The molecule has 35 heavy (non-hydrogen) atoms. The number of hydrazone groups is 1. The summed E-state index contributed by atoms with van der Waals surface area (Å²) in [6.07, 6.45) is 3.05. The molecule has 2 amide bonds. The van der Waals surface area contributed by atoms with E-state index in [2.05, 4.69) is 30.9 Å². The van der Waals surface area contributed by atoms with Crippen molar-refractivity contribution in [2.24, 2.45) is 11.0 Å². The molecule has 2 rings (SSSR count). The van der Waals surface area contributed by atoms with Crippen molar-refractivity contribution < 1.29 is 19.5 Å². The molecule has 1 heterocycles. The number of nitrogens with one attached hydrogen (secondary N) is 3. The molecule has 0 unspecified atom stereocenters. The minimum absolute atomic E-state index is 0.0993. The second-order valence-electron chi connectivity index (χ2n) is 7.59. The smallest absolute Gasteiger partial charge is 0.320 e. The van der Waals surface area contributed by atoms with Gasteiger partial charge in [-0.25, -0.2) is 14.8 Å². The number of ether oxygens (including phenoxy) is 1. The lowest BCUT2D eigenvalue weighted by Gasteiger charge is -2.25. The number of aliphatic hydroxyl groups excluding tert-OH is 1. The van der Waals surface area contributed by atoms with Crippen molar-refractivity contribution in [2.75, 3.05) is 38.4 Å². The highest BCUT2D eigenvalue weighted by molar-refractivity contribution is 6.32. The Hall–Kier alpha value is -3.22. The molecule has 0 spiro atoms. The molecule has 0 aliphatic rings. The fraction of sp³-hybridized carbons (Fsp3) is 0.348. The number of allylic oxidation sites excluding steroid dienone is 1. The maximum Gasteiger partial charge on any atom is 0.320 e. The summed E-state index contributed by atoms with van der Waals surface area (Å²) in [5, 5.41) is 24.7. The number of methoxy groups -OCH3 is 1. The highest BCUT2D eigenvalue weighted by Crippen LogP contribution is 2.22. The van der Waals surface area contributed by atoms with E-state index in [-0.39, 0.29) is 17.5 Å². The summed E-state index contributed by atoms with van der Waals surface area (Å²) < 4.78 is 4.99. The number of aliphatic hydroxyl groups is 1. The number of benzene rings is 1. The summed E-state index contributed by atoms with van der Waals surface area (Å²) in [6, 6.07) is 9.94. The Labute approximate surface area is 209 Å². The molecule has 0 aliphatic heterocycles. The zero-order chi connectivity index (χ0) is 25.6. The van der Waals surface area contributed by atoms with Crippen molar-refractivity contribution in [3.8, 4) is 5.88 Å². The number of nitrogens with zero attached hydrogens (tertiary/aromatic N) is 3. The normalized spacial score (nSPS) is 11.7. The van der Waals surface area contributed by atoms with Gasteiger partial charge in [-0.1, -0.05) is 29.8 Å². The average Bonchev–Trinajstić information content (AvgIpc) is 2.86. The van der Waals surface area contributed by atoms with Crippen LogP contribution in [0, 0.1) is 0 Å². The molecule has 0 fully saturated rings. The summed E-state index contributed by atoms with van der Waals surface area (Å²) in [4.78, 5) is 21.4. The number of rotatable bonds is 13. The van der Waals surface area contributed by atoms with E-state index in [9.17, 15) is 9.90 Å². The van der Waals surface area contributed by atoms with Crippen molar-refractivity contribution >= 4 is 29.5 Å². The van der Waals surface area contributed by atoms with E-state index in [1.165, 1.54) is 6.20 Å². The van der Waals surface area contributed by atoms with Crippen molar-refractivity contribution in [2.45, 2.75) is 19.9 Å². The van der Waals surface area contributed by atoms with Gasteiger partial charge in [-0.2, -0.15) is 11.0 Å². The minimum Gasteiger partial charge on any atom is -0.394 e. The van der Waals surface area contributed by atoms with Crippen molar-refractivity contribution in [1.29, 1.82) is 0 Å². The molecular weight excluding hydrogens is 474 g/mol. The summed E-state index contributed by atoms with van der Waals surface area (Å²) in [7, 11) is 1.60. The van der Waals surface area contributed by atoms with Crippen LogP contribution in [0.25, 0.3) is 0 Å². The number of anilines is 1. The van der Waals surface area contributed by atoms with Crippen LogP contribution in [-0.4, -0.2) is 61.8 Å². The van der Waals surface area contributed by atoms with Crippen molar-refractivity contribution in [3.05, 3.63) is 64.6 Å². The summed E-state index contributed by atoms with van der Waals surface area (Å²) in [5.74, 6) is 5.68. The maximum absolute atomic E-state index is 12.8. The van der Waals surface area contributed by atoms with Crippen molar-refractivity contribution in [1.82, 2.24) is 20.9 Å². The molecule has 11 nitrogen and oxygen atoms in total. The van der Waals surface area contributed by atoms with Crippen LogP contribution in [0.5, 0.6) is 5.88 Å². The monoisotopic (exact) mass is 505 g/mol. The lowest BCUT2D eigenvalue weighted by Crippen LogP contribution is -2.50. The predicted octanol–water partition coefficient (Wildman–Crippen LogP) is 1.98. The highest BCUT2D eigenvalue weighted by Gasteiger charge is 2.18. The number of para-hydroxylation sites is 1. The molecule has 1 atom stereocenters. The van der Waals surface area contributed by atoms with E-state index < -0.39 is 12.1 Å². The van der Waals surface area contributed by atoms with Crippen LogP contribution in [0.3, 0.4) is 0 Å². The second-order valence-corrected chi connectivity index (χ2v) is 8.00. The van der Waals surface area contributed by atoms with Gasteiger partial charge in [-0.15, -0.1) is 0 Å². The van der Waals surface area contributed by atoms with Gasteiger partial charge in [-0.05, 0) is 37.6 Å². The van der Waals surface area contributed by atoms with Crippen LogP contribution in [0.4, 0.5) is 10.5 Å². The topological polar surface area (TPSA) is 146 Å². The Bertz CT molecular complexity index is 1000. The summed E-state index contributed by atoms with van der Waals surface area (Å²) in [5.41, 5.74) is 2.10. The molecule has 2 aromatic rings. The molecule has 12 heteroatoms. The van der Waals surface area contributed by atoms with Crippen LogP contribution in [0.2, 0.25) is 5.02 Å². The van der Waals surface area contributed by atoms with Gasteiger partial charge in [0, 0.05) is 32.0 Å². The van der Waals surface area contributed by atoms with Crippen molar-refractivity contribution in [3.63, 3.8) is 0 Å². The van der Waals surface area contributed by atoms with E-state index >= 15 is 0 Å². The fourth-order valence-electron chi connectivity index (χ4n) is 2.88. The van der Waals surface area contributed by atoms with Crippen LogP contribution < -0.4 is 31.7 Å². The molecule has 190 valence electrons. The third-order valence-electron chi connectivity index (χ3n) is 4.61. The quantitative estimate of drug-likeness (QED) is 0.158. The zero-order valence-corrected chi connectivity index (χ0v) is 20.7. The number of urea groups is 1. The average molecular weight is 506 g/mol. The number of carbonyl (C=O) groups is 1. The molecule has 0 bridgehead atoms. The molecular formula is C23H32ClN7O4. The number of halogens is 1. The third-order valence-corrected chi connectivity index (χ3v) is 4.88. The van der Waals surface area contributed by atoms with Crippen LogP contribution in [-0.2, 0) is 4.74 Å². The number of aromatic nitrogens is 1. The third kappa shape index (κ3) is 9.15. The standard InChI is InChI=1S/C23H32ClN7O4/c1-16(2)21(30-23(33)29-18(15-32)14-26-9-10-34-3)31(19-7-5-4-6-8-19)28-13-17-11-20(24)22(35-25)27-12-17/h4-8,11-13,18,26,32H,9-10,14-15,25H2,1-3H3,(H2,29,30,33)/b28-13+/t18-/m1/s1. The first-order chi connectivity index (χ1) is 16.9. The molecule has 0 aliphatic carbocycles. The number of carbonyl (C=O) groups excluding carboxylic acids is 1. The first kappa shape index (κ1) is 28.0. The number of hydrogen-bond donors (Lipinski definition) is 5. The van der Waals surface area contributed by atoms with E-state index in [1.54, 1.807) is 24.4 Å². The molecule has 1 aromatic carbocycles. The molecule has 6 N–H and O–H groups in total. The summed E-state index contributed by atoms with van der Waals surface area (Å²) in [6.45, 7) is 4.98. The zero-order valence-electron chi connectivity index (χ0n) is 20.0. The minimum atomic E-state index is -0.490. The maximum atomic E-state index is 12.8. The van der Waals surface area contributed by atoms with E-state index in [0.717, 1.165) is 5.57 Å². The number of hydrogen-bond acceptors (Lipinski definition) is 9. The SMILES string of the molecule is COCCNC[C@H](CO)NC(=O)NC(=C(C)C)N(/N=C/c1cnc(ON)c(Cl)c1)c1ccccc1. The Morgan fingerprint density at radius 1 is 1.34 bits per heavy atom. The van der Waals surface area contributed by atoms with E-state index in [1.807, 2.05) is 44.2 Å². The second kappa shape index (κ2) is 14.9. The van der Waals surface area contributed by atoms with Crippen LogP contribution in [0.1, 0.15) is 19.4 Å². The van der Waals surface area contributed by atoms with E-state index in [0.29, 0.717) is 36.8 Å². The Morgan fingerprint density at radius 2 is 2.09 bits per heavy atom. The lowest BCUT2D eigenvalue weighted by molar-refractivity contribution is 0.192. The van der Waals surface area contributed by atoms with Gasteiger partial charge in [0.15, 0.2) is 0 Å².